The lowest BCUT2D eigenvalue weighted by molar-refractivity contribution is 0.344. The third kappa shape index (κ3) is 5.74. The van der Waals surface area contributed by atoms with Crippen LogP contribution in [0.3, 0.4) is 0 Å². The number of para-hydroxylation sites is 2. The number of nitrogens with one attached hydrogen (secondary N) is 2. The zero-order chi connectivity index (χ0) is 28.9. The van der Waals surface area contributed by atoms with E-state index < -0.39 is 0 Å². The van der Waals surface area contributed by atoms with Gasteiger partial charge in [-0.1, -0.05) is 48.0 Å². The summed E-state index contributed by atoms with van der Waals surface area (Å²) in [6, 6.07) is 27.2. The topological polar surface area (TPSA) is 80.8 Å². The molecule has 5 aromatic rings. The van der Waals surface area contributed by atoms with E-state index in [9.17, 15) is 0 Å². The summed E-state index contributed by atoms with van der Waals surface area (Å²) in [5.41, 5.74) is 6.50. The molecule has 1 aliphatic heterocycles. The number of halogens is 1. The Morgan fingerprint density at radius 1 is 0.905 bits per heavy atom. The van der Waals surface area contributed by atoms with Crippen LogP contribution in [-0.2, 0) is 0 Å². The Morgan fingerprint density at radius 3 is 2.50 bits per heavy atom. The van der Waals surface area contributed by atoms with Crippen LogP contribution in [0.2, 0.25) is 0 Å². The number of anilines is 2. The van der Waals surface area contributed by atoms with Crippen molar-refractivity contribution >= 4 is 56.7 Å². The average molecular weight is 598 g/mol. The molecule has 3 aromatic carbocycles. The van der Waals surface area contributed by atoms with Gasteiger partial charge in [0.2, 0.25) is 0 Å². The third-order valence-electron chi connectivity index (χ3n) is 6.59. The molecular formula is C32H28ClN5O3S. The van der Waals surface area contributed by atoms with Crippen LogP contribution in [0.5, 0.6) is 23.0 Å². The normalized spacial score (nSPS) is 12.5. The van der Waals surface area contributed by atoms with Gasteiger partial charge in [-0.05, 0) is 42.7 Å². The number of ether oxygens (including phenoxy) is 3. The van der Waals surface area contributed by atoms with Gasteiger partial charge >= 0.3 is 0 Å². The first-order valence-corrected chi connectivity index (χ1v) is 15.0. The highest BCUT2D eigenvalue weighted by Crippen LogP contribution is 2.33. The SMILES string of the molecule is COc1cnc2c(Oc3ccc(NC4=c5ccccc5=C(Cl)N(c5ccccc5OCCSC)N4)cc3)ccnc2c1. The third-order valence-corrected chi connectivity index (χ3v) is 7.54. The zero-order valence-corrected chi connectivity index (χ0v) is 24.6. The number of hydrogen-bond donors (Lipinski definition) is 2. The number of rotatable bonds is 10. The lowest BCUT2D eigenvalue weighted by Gasteiger charge is -2.31. The highest BCUT2D eigenvalue weighted by atomic mass is 35.5. The second-order valence-electron chi connectivity index (χ2n) is 9.27. The average Bonchev–Trinajstić information content (AvgIpc) is 3.03. The molecule has 8 nitrogen and oxygen atoms in total. The molecule has 0 aliphatic carbocycles. The molecule has 2 aromatic heterocycles. The molecule has 0 atom stereocenters. The molecule has 0 amide bonds. The number of hydrogen-bond acceptors (Lipinski definition) is 9. The molecule has 0 bridgehead atoms. The van der Waals surface area contributed by atoms with Gasteiger partial charge in [-0.3, -0.25) is 10.4 Å². The highest BCUT2D eigenvalue weighted by Gasteiger charge is 2.22. The lowest BCUT2D eigenvalue weighted by atomic mass is 10.2. The second-order valence-corrected chi connectivity index (χ2v) is 10.6. The first-order chi connectivity index (χ1) is 20.6. The summed E-state index contributed by atoms with van der Waals surface area (Å²) in [4.78, 5) is 8.85. The van der Waals surface area contributed by atoms with E-state index in [0.717, 1.165) is 39.1 Å². The molecule has 0 radical (unpaired) electrons. The molecule has 212 valence electrons. The Morgan fingerprint density at radius 2 is 1.69 bits per heavy atom. The van der Waals surface area contributed by atoms with Gasteiger partial charge in [-0.15, -0.1) is 0 Å². The summed E-state index contributed by atoms with van der Waals surface area (Å²) >= 11 is 8.69. The van der Waals surface area contributed by atoms with Gasteiger partial charge in [0, 0.05) is 40.2 Å². The number of hydrazine groups is 1. The number of methoxy groups -OCH3 is 1. The van der Waals surface area contributed by atoms with Crippen molar-refractivity contribution in [2.45, 2.75) is 0 Å². The summed E-state index contributed by atoms with van der Waals surface area (Å²) in [7, 11) is 1.60. The summed E-state index contributed by atoms with van der Waals surface area (Å²) < 4.78 is 17.5. The maximum Gasteiger partial charge on any atom is 0.156 e. The van der Waals surface area contributed by atoms with Crippen LogP contribution in [0.25, 0.3) is 22.0 Å². The van der Waals surface area contributed by atoms with Gasteiger partial charge in [-0.2, -0.15) is 11.8 Å². The fourth-order valence-electron chi connectivity index (χ4n) is 4.54. The van der Waals surface area contributed by atoms with Crippen molar-refractivity contribution in [3.05, 3.63) is 108 Å². The van der Waals surface area contributed by atoms with Crippen molar-refractivity contribution < 1.29 is 14.2 Å². The Labute approximate surface area is 252 Å². The Balaban J connectivity index is 1.27. The molecule has 10 heteroatoms. The summed E-state index contributed by atoms with van der Waals surface area (Å²) in [6.45, 7) is 0.600. The number of fused-ring (bicyclic) bond motifs is 2. The van der Waals surface area contributed by atoms with E-state index in [1.54, 1.807) is 37.3 Å². The van der Waals surface area contributed by atoms with Crippen LogP contribution in [0.15, 0.2) is 97.3 Å². The molecule has 3 heterocycles. The summed E-state index contributed by atoms with van der Waals surface area (Å²) in [5, 5.41) is 7.76. The molecule has 0 spiro atoms. The molecule has 42 heavy (non-hydrogen) atoms. The summed E-state index contributed by atoms with van der Waals surface area (Å²) in [6.07, 6.45) is 5.40. The van der Waals surface area contributed by atoms with Crippen LogP contribution < -0.4 is 40.4 Å². The molecule has 0 unspecified atom stereocenters. The molecule has 0 saturated carbocycles. The zero-order valence-electron chi connectivity index (χ0n) is 23.0. The van der Waals surface area contributed by atoms with Crippen molar-refractivity contribution in [3.8, 4) is 23.0 Å². The predicted molar refractivity (Wildman–Crippen MR) is 171 cm³/mol. The van der Waals surface area contributed by atoms with Crippen molar-refractivity contribution in [3.63, 3.8) is 0 Å². The fourth-order valence-corrected chi connectivity index (χ4v) is 5.09. The maximum absolute atomic E-state index is 6.95. The molecular weight excluding hydrogens is 570 g/mol. The fraction of sp³-hybridized carbons (Fsp3) is 0.125. The second kappa shape index (κ2) is 12.5. The smallest absolute Gasteiger partial charge is 0.156 e. The largest absolute Gasteiger partial charge is 0.495 e. The quantitative estimate of drug-likeness (QED) is 0.156. The van der Waals surface area contributed by atoms with Crippen molar-refractivity contribution in [2.75, 3.05) is 36.1 Å². The minimum atomic E-state index is 0.552. The van der Waals surface area contributed by atoms with Crippen LogP contribution in [0, 0.1) is 0 Å². The van der Waals surface area contributed by atoms with E-state index in [1.807, 2.05) is 83.9 Å². The highest BCUT2D eigenvalue weighted by molar-refractivity contribution is 7.98. The lowest BCUT2D eigenvalue weighted by Crippen LogP contribution is -2.50. The number of aromatic nitrogens is 2. The van der Waals surface area contributed by atoms with Gasteiger partial charge in [0.1, 0.15) is 39.4 Å². The number of thioether (sulfide) groups is 1. The number of nitrogens with zero attached hydrogens (tertiary/aromatic N) is 3. The van der Waals surface area contributed by atoms with Crippen LogP contribution in [0.4, 0.5) is 11.4 Å². The summed E-state index contributed by atoms with van der Waals surface area (Å²) in [5.74, 6) is 4.34. The van der Waals surface area contributed by atoms with Gasteiger partial charge in [0.05, 0.1) is 25.4 Å². The van der Waals surface area contributed by atoms with Crippen molar-refractivity contribution in [1.82, 2.24) is 15.4 Å². The van der Waals surface area contributed by atoms with E-state index in [1.165, 1.54) is 0 Å². The Kier molecular flexibility index (Phi) is 8.21. The van der Waals surface area contributed by atoms with E-state index >= 15 is 0 Å². The Bertz CT molecular complexity index is 1850. The minimum absolute atomic E-state index is 0.552. The van der Waals surface area contributed by atoms with Crippen molar-refractivity contribution in [1.29, 1.82) is 0 Å². The Hall–Kier alpha value is -4.60. The van der Waals surface area contributed by atoms with E-state index in [4.69, 9.17) is 25.8 Å². The molecule has 2 N–H and O–H groups in total. The monoisotopic (exact) mass is 597 g/mol. The molecule has 1 aliphatic rings. The minimum Gasteiger partial charge on any atom is -0.495 e. The maximum atomic E-state index is 6.95. The molecule has 0 fully saturated rings. The number of benzene rings is 3. The van der Waals surface area contributed by atoms with Gasteiger partial charge < -0.3 is 19.5 Å². The first kappa shape index (κ1) is 27.6. The van der Waals surface area contributed by atoms with Crippen LogP contribution in [0.1, 0.15) is 0 Å². The predicted octanol–water partition coefficient (Wildman–Crippen LogP) is 5.68. The van der Waals surface area contributed by atoms with Crippen molar-refractivity contribution in [2.24, 2.45) is 0 Å². The van der Waals surface area contributed by atoms with Gasteiger partial charge in [0.15, 0.2) is 5.75 Å². The number of pyridine rings is 2. The van der Waals surface area contributed by atoms with Gasteiger partial charge in [0.25, 0.3) is 0 Å². The standard InChI is InChI=1S/C32H28ClN5O3S/c1-39-23-19-26-30(35-20-23)29(15-16-34-26)41-22-13-11-21(12-14-22)36-32-25-8-4-3-7-24(25)31(33)38(37-32)27-9-5-6-10-28(27)40-17-18-42-2/h3-16,19-20,36-37H,17-18H2,1-2H3. The van der Waals surface area contributed by atoms with Crippen LogP contribution in [-0.4, -0.2) is 35.7 Å². The molecule has 0 saturated heterocycles. The van der Waals surface area contributed by atoms with Crippen LogP contribution >= 0.6 is 23.4 Å². The molecule has 6 rings (SSSR count). The van der Waals surface area contributed by atoms with E-state index in [0.29, 0.717) is 40.0 Å². The van der Waals surface area contributed by atoms with E-state index in [-0.39, 0.29) is 0 Å². The first-order valence-electron chi connectivity index (χ1n) is 13.2. The van der Waals surface area contributed by atoms with Gasteiger partial charge in [-0.25, -0.2) is 9.99 Å². The van der Waals surface area contributed by atoms with E-state index in [2.05, 4.69) is 27.0 Å².